The molecule has 0 fully saturated rings. The first kappa shape index (κ1) is 14.4. The summed E-state index contributed by atoms with van der Waals surface area (Å²) in [6.45, 7) is 3.75. The molecular formula is C14H15ClN2O3. The van der Waals surface area contributed by atoms with E-state index in [9.17, 15) is 4.79 Å². The highest BCUT2D eigenvalue weighted by Crippen LogP contribution is 2.22. The molecule has 106 valence electrons. The Morgan fingerprint density at radius 1 is 1.50 bits per heavy atom. The van der Waals surface area contributed by atoms with Crippen molar-refractivity contribution >= 4 is 23.3 Å². The summed E-state index contributed by atoms with van der Waals surface area (Å²) in [4.78, 5) is 12.1. The van der Waals surface area contributed by atoms with Gasteiger partial charge in [-0.1, -0.05) is 23.7 Å². The molecule has 0 saturated carbocycles. The molecule has 0 bridgehead atoms. The molecule has 1 N–H and O–H groups in total. The van der Waals surface area contributed by atoms with Gasteiger partial charge in [0.05, 0.1) is 0 Å². The predicted octanol–water partition coefficient (Wildman–Crippen LogP) is 3.43. The summed E-state index contributed by atoms with van der Waals surface area (Å²) < 4.78 is 10.3. The van der Waals surface area contributed by atoms with Gasteiger partial charge in [-0.15, -0.1) is 0 Å². The fraction of sp³-hybridized carbons (Fsp3) is 0.286. The normalized spacial score (nSPS) is 11.9. The maximum absolute atomic E-state index is 12.1. The number of hydrogen-bond donors (Lipinski definition) is 1. The van der Waals surface area contributed by atoms with E-state index in [1.54, 1.807) is 24.3 Å². The minimum absolute atomic E-state index is 0.269. The monoisotopic (exact) mass is 294 g/mol. The van der Waals surface area contributed by atoms with Gasteiger partial charge in [0.1, 0.15) is 12.0 Å². The van der Waals surface area contributed by atoms with Gasteiger partial charge in [-0.3, -0.25) is 4.79 Å². The highest BCUT2D eigenvalue weighted by atomic mass is 35.5. The first-order chi connectivity index (χ1) is 9.60. The number of aromatic nitrogens is 1. The van der Waals surface area contributed by atoms with Crippen molar-refractivity contribution in [1.82, 2.24) is 5.16 Å². The lowest BCUT2D eigenvalue weighted by Crippen LogP contribution is -2.32. The lowest BCUT2D eigenvalue weighted by atomic mass is 10.2. The van der Waals surface area contributed by atoms with Crippen molar-refractivity contribution in [3.8, 4) is 5.75 Å². The van der Waals surface area contributed by atoms with Crippen LogP contribution < -0.4 is 10.1 Å². The number of halogens is 1. The van der Waals surface area contributed by atoms with Crippen LogP contribution in [0.2, 0.25) is 5.02 Å². The van der Waals surface area contributed by atoms with E-state index in [0.29, 0.717) is 23.0 Å². The summed E-state index contributed by atoms with van der Waals surface area (Å²) in [5.41, 5.74) is 0.899. The molecule has 0 radical (unpaired) electrons. The molecule has 0 unspecified atom stereocenters. The van der Waals surface area contributed by atoms with E-state index in [-0.39, 0.29) is 5.91 Å². The Morgan fingerprint density at radius 2 is 2.30 bits per heavy atom. The molecule has 2 aromatic rings. The minimum Gasteiger partial charge on any atom is -0.481 e. The lowest BCUT2D eigenvalue weighted by molar-refractivity contribution is -0.122. The van der Waals surface area contributed by atoms with Crippen LogP contribution in [0.15, 0.2) is 35.1 Å². The standard InChI is InChI=1S/C14H15ClN2O3/c1-3-12(14(18)16-13-6-7-19-17-13)20-10-4-5-11(15)9(2)8-10/h4-8,12H,3H2,1-2H3,(H,16,17,18)/t12-/m1/s1. The largest absolute Gasteiger partial charge is 0.481 e. The first-order valence-electron chi connectivity index (χ1n) is 6.24. The van der Waals surface area contributed by atoms with Crippen LogP contribution in [0.25, 0.3) is 0 Å². The summed E-state index contributed by atoms with van der Waals surface area (Å²) in [6, 6.07) is 6.85. The first-order valence-corrected chi connectivity index (χ1v) is 6.62. The molecule has 5 nitrogen and oxygen atoms in total. The topological polar surface area (TPSA) is 64.4 Å². The zero-order valence-electron chi connectivity index (χ0n) is 11.2. The second kappa shape index (κ2) is 6.43. The average Bonchev–Trinajstić information content (AvgIpc) is 2.92. The summed E-state index contributed by atoms with van der Waals surface area (Å²) in [7, 11) is 0. The zero-order chi connectivity index (χ0) is 14.5. The number of rotatable bonds is 5. The number of amides is 1. The van der Waals surface area contributed by atoms with Gasteiger partial charge >= 0.3 is 0 Å². The molecule has 1 aromatic heterocycles. The van der Waals surface area contributed by atoms with E-state index >= 15 is 0 Å². The molecule has 0 aliphatic rings. The predicted molar refractivity (Wildman–Crippen MR) is 76.0 cm³/mol. The number of ether oxygens (including phenoxy) is 1. The fourth-order valence-corrected chi connectivity index (χ4v) is 1.78. The van der Waals surface area contributed by atoms with Gasteiger partial charge in [-0.2, -0.15) is 0 Å². The summed E-state index contributed by atoms with van der Waals surface area (Å²) in [5, 5.41) is 6.91. The van der Waals surface area contributed by atoms with Crippen LogP contribution in [0.4, 0.5) is 5.82 Å². The minimum atomic E-state index is -0.604. The Kier molecular flexibility index (Phi) is 4.63. The highest BCUT2D eigenvalue weighted by Gasteiger charge is 2.19. The average molecular weight is 295 g/mol. The van der Waals surface area contributed by atoms with Crippen molar-refractivity contribution in [3.63, 3.8) is 0 Å². The number of benzene rings is 1. The third-order valence-corrected chi connectivity index (χ3v) is 3.18. The highest BCUT2D eigenvalue weighted by molar-refractivity contribution is 6.31. The van der Waals surface area contributed by atoms with Crippen LogP contribution >= 0.6 is 11.6 Å². The molecule has 2 rings (SSSR count). The lowest BCUT2D eigenvalue weighted by Gasteiger charge is -2.17. The van der Waals surface area contributed by atoms with Crippen LogP contribution in [0.3, 0.4) is 0 Å². The second-order valence-electron chi connectivity index (χ2n) is 4.30. The van der Waals surface area contributed by atoms with Crippen molar-refractivity contribution in [1.29, 1.82) is 0 Å². The number of anilines is 1. The maximum Gasteiger partial charge on any atom is 0.266 e. The van der Waals surface area contributed by atoms with Crippen LogP contribution in [0.1, 0.15) is 18.9 Å². The molecule has 0 aliphatic carbocycles. The summed E-state index contributed by atoms with van der Waals surface area (Å²) >= 11 is 5.95. The Bertz CT molecular complexity index is 584. The number of nitrogens with one attached hydrogen (secondary N) is 1. The Morgan fingerprint density at radius 3 is 2.90 bits per heavy atom. The quantitative estimate of drug-likeness (QED) is 0.917. The zero-order valence-corrected chi connectivity index (χ0v) is 12.0. The molecule has 0 saturated heterocycles. The van der Waals surface area contributed by atoms with Crippen LogP contribution in [0.5, 0.6) is 5.75 Å². The van der Waals surface area contributed by atoms with Gasteiger partial charge in [0.15, 0.2) is 11.9 Å². The van der Waals surface area contributed by atoms with Crippen LogP contribution in [-0.4, -0.2) is 17.2 Å². The van der Waals surface area contributed by atoms with E-state index in [2.05, 4.69) is 15.0 Å². The molecule has 0 aliphatic heterocycles. The van der Waals surface area contributed by atoms with Gasteiger partial charge in [-0.25, -0.2) is 0 Å². The van der Waals surface area contributed by atoms with Crippen molar-refractivity contribution in [3.05, 3.63) is 41.1 Å². The maximum atomic E-state index is 12.1. The van der Waals surface area contributed by atoms with Crippen LogP contribution in [-0.2, 0) is 4.79 Å². The van der Waals surface area contributed by atoms with E-state index in [0.717, 1.165) is 5.56 Å². The summed E-state index contributed by atoms with van der Waals surface area (Å²) in [5.74, 6) is 0.701. The SMILES string of the molecule is CC[C@@H](Oc1ccc(Cl)c(C)c1)C(=O)Nc1ccon1. The molecule has 1 aromatic carbocycles. The van der Waals surface area contributed by atoms with E-state index in [1.807, 2.05) is 13.8 Å². The van der Waals surface area contributed by atoms with Gasteiger partial charge < -0.3 is 14.6 Å². The van der Waals surface area contributed by atoms with E-state index in [1.165, 1.54) is 6.26 Å². The van der Waals surface area contributed by atoms with Crippen molar-refractivity contribution < 1.29 is 14.1 Å². The number of hydrogen-bond acceptors (Lipinski definition) is 4. The Labute approximate surface area is 121 Å². The number of nitrogens with zero attached hydrogens (tertiary/aromatic N) is 1. The van der Waals surface area contributed by atoms with Gasteiger partial charge in [0.25, 0.3) is 5.91 Å². The van der Waals surface area contributed by atoms with E-state index in [4.69, 9.17) is 16.3 Å². The molecule has 20 heavy (non-hydrogen) atoms. The number of carbonyl (C=O) groups is 1. The van der Waals surface area contributed by atoms with Crippen LogP contribution in [0, 0.1) is 6.92 Å². The van der Waals surface area contributed by atoms with Gasteiger partial charge in [-0.05, 0) is 37.1 Å². The smallest absolute Gasteiger partial charge is 0.266 e. The third-order valence-electron chi connectivity index (χ3n) is 2.76. The van der Waals surface area contributed by atoms with Crippen molar-refractivity contribution in [2.45, 2.75) is 26.4 Å². The number of aryl methyl sites for hydroxylation is 1. The molecule has 1 heterocycles. The van der Waals surface area contributed by atoms with Gasteiger partial charge in [0, 0.05) is 11.1 Å². The molecule has 0 spiro atoms. The number of carbonyl (C=O) groups excluding carboxylic acids is 1. The molecule has 1 amide bonds. The molecular weight excluding hydrogens is 280 g/mol. The van der Waals surface area contributed by atoms with E-state index < -0.39 is 6.10 Å². The van der Waals surface area contributed by atoms with Crippen molar-refractivity contribution in [2.24, 2.45) is 0 Å². The van der Waals surface area contributed by atoms with Gasteiger partial charge in [0.2, 0.25) is 0 Å². The molecule has 1 atom stereocenters. The van der Waals surface area contributed by atoms with Crippen molar-refractivity contribution in [2.75, 3.05) is 5.32 Å². The Balaban J connectivity index is 2.04. The molecule has 6 heteroatoms. The summed E-state index contributed by atoms with van der Waals surface area (Å²) in [6.07, 6.45) is 1.32. The third kappa shape index (κ3) is 3.51. The fourth-order valence-electron chi connectivity index (χ4n) is 1.66. The Hall–Kier alpha value is -2.01. The second-order valence-corrected chi connectivity index (χ2v) is 4.71.